The zero-order valence-electron chi connectivity index (χ0n) is 17.2. The maximum Gasteiger partial charge on any atom is 0.127 e. The third kappa shape index (κ3) is 5.16. The Morgan fingerprint density at radius 3 is 2.14 bits per heavy atom. The average Bonchev–Trinajstić information content (AvgIpc) is 2.70. The number of hydrogen-bond acceptors (Lipinski definition) is 2. The van der Waals surface area contributed by atoms with E-state index in [1.54, 1.807) is 0 Å². The smallest absolute Gasteiger partial charge is 0.127 e. The summed E-state index contributed by atoms with van der Waals surface area (Å²) in [5.41, 5.74) is 2.72. The second kappa shape index (κ2) is 9.45. The first-order valence-corrected chi connectivity index (χ1v) is 10.2. The molecule has 3 rings (SSSR count). The van der Waals surface area contributed by atoms with Crippen molar-refractivity contribution in [2.24, 2.45) is 0 Å². The second-order valence-corrected chi connectivity index (χ2v) is 7.51. The van der Waals surface area contributed by atoms with Gasteiger partial charge in [-0.05, 0) is 72.7 Å². The van der Waals surface area contributed by atoms with Crippen LogP contribution < -0.4 is 9.47 Å². The van der Waals surface area contributed by atoms with Crippen LogP contribution in [0.5, 0.6) is 17.2 Å². The Morgan fingerprint density at radius 2 is 1.46 bits per heavy atom. The zero-order chi connectivity index (χ0) is 19.8. The molecule has 0 fully saturated rings. The third-order valence-corrected chi connectivity index (χ3v) is 5.14. The average molecular weight is 375 g/mol. The van der Waals surface area contributed by atoms with Crippen LogP contribution in [0.2, 0.25) is 0 Å². The van der Waals surface area contributed by atoms with Crippen molar-refractivity contribution < 1.29 is 9.47 Å². The molecule has 0 radical (unpaired) electrons. The maximum atomic E-state index is 6.03. The second-order valence-electron chi connectivity index (χ2n) is 7.51. The van der Waals surface area contributed by atoms with Gasteiger partial charge in [0.05, 0.1) is 6.61 Å². The molecule has 0 saturated carbocycles. The SMILES string of the molecule is CCCC(C)(Cc1cccc(Oc2ccccc2)c1)c1ccc(OCC)cc1. The predicted octanol–water partition coefficient (Wildman–Crippen LogP) is 7.18. The molecule has 0 amide bonds. The summed E-state index contributed by atoms with van der Waals surface area (Å²) in [7, 11) is 0. The lowest BCUT2D eigenvalue weighted by Crippen LogP contribution is -2.25. The normalized spacial score (nSPS) is 13.0. The van der Waals surface area contributed by atoms with Gasteiger partial charge < -0.3 is 9.47 Å². The molecular formula is C26H30O2. The van der Waals surface area contributed by atoms with E-state index in [2.05, 4.69) is 56.3 Å². The van der Waals surface area contributed by atoms with E-state index < -0.39 is 0 Å². The molecule has 0 aliphatic rings. The standard InChI is InChI=1S/C26H30O2/c1-4-18-26(3,22-14-16-23(17-15-22)27-5-2)20-21-10-9-13-25(19-21)28-24-11-7-6-8-12-24/h6-17,19H,4-5,18,20H2,1-3H3. The van der Waals surface area contributed by atoms with Crippen molar-refractivity contribution in [1.82, 2.24) is 0 Å². The summed E-state index contributed by atoms with van der Waals surface area (Å²) >= 11 is 0. The van der Waals surface area contributed by atoms with E-state index in [4.69, 9.17) is 9.47 Å². The first-order valence-electron chi connectivity index (χ1n) is 10.2. The lowest BCUT2D eigenvalue weighted by atomic mass is 9.74. The molecule has 0 aliphatic carbocycles. The van der Waals surface area contributed by atoms with E-state index in [1.807, 2.05) is 43.3 Å². The van der Waals surface area contributed by atoms with Crippen molar-refractivity contribution in [2.75, 3.05) is 6.61 Å². The Bertz CT molecular complexity index is 855. The molecule has 0 spiro atoms. The van der Waals surface area contributed by atoms with Crippen LogP contribution in [0.4, 0.5) is 0 Å². The van der Waals surface area contributed by atoms with Crippen LogP contribution >= 0.6 is 0 Å². The summed E-state index contributed by atoms with van der Waals surface area (Å²) in [6.45, 7) is 7.32. The van der Waals surface area contributed by atoms with Crippen LogP contribution in [0, 0.1) is 0 Å². The van der Waals surface area contributed by atoms with E-state index in [0.29, 0.717) is 6.61 Å². The molecule has 1 atom stereocenters. The molecule has 2 nitrogen and oxygen atoms in total. The lowest BCUT2D eigenvalue weighted by molar-refractivity contribution is 0.339. The molecule has 3 aromatic carbocycles. The van der Waals surface area contributed by atoms with E-state index >= 15 is 0 Å². The third-order valence-electron chi connectivity index (χ3n) is 5.14. The van der Waals surface area contributed by atoms with E-state index in [-0.39, 0.29) is 5.41 Å². The highest BCUT2D eigenvalue weighted by Crippen LogP contribution is 2.35. The largest absolute Gasteiger partial charge is 0.494 e. The fraction of sp³-hybridized carbons (Fsp3) is 0.308. The minimum absolute atomic E-state index is 0.0743. The van der Waals surface area contributed by atoms with Gasteiger partial charge in [0.2, 0.25) is 0 Å². The van der Waals surface area contributed by atoms with Crippen molar-refractivity contribution in [2.45, 2.75) is 45.4 Å². The van der Waals surface area contributed by atoms with Gasteiger partial charge >= 0.3 is 0 Å². The Balaban J connectivity index is 1.80. The maximum absolute atomic E-state index is 6.03. The topological polar surface area (TPSA) is 18.5 Å². The van der Waals surface area contributed by atoms with E-state index in [1.165, 1.54) is 11.1 Å². The summed E-state index contributed by atoms with van der Waals surface area (Å²) in [6, 6.07) is 27.0. The first-order chi connectivity index (χ1) is 13.6. The van der Waals surface area contributed by atoms with Gasteiger partial charge in [-0.3, -0.25) is 0 Å². The molecule has 0 aromatic heterocycles. The van der Waals surface area contributed by atoms with Gasteiger partial charge in [0, 0.05) is 0 Å². The number of ether oxygens (including phenoxy) is 2. The molecule has 28 heavy (non-hydrogen) atoms. The van der Waals surface area contributed by atoms with Gasteiger partial charge in [-0.2, -0.15) is 0 Å². The molecule has 0 heterocycles. The van der Waals surface area contributed by atoms with Crippen LogP contribution in [-0.4, -0.2) is 6.61 Å². The number of benzene rings is 3. The summed E-state index contributed by atoms with van der Waals surface area (Å²) in [5, 5.41) is 0. The van der Waals surface area contributed by atoms with Crippen LogP contribution in [0.3, 0.4) is 0 Å². The summed E-state index contributed by atoms with van der Waals surface area (Å²) < 4.78 is 11.6. The highest BCUT2D eigenvalue weighted by molar-refractivity contribution is 5.37. The highest BCUT2D eigenvalue weighted by Gasteiger charge is 2.26. The molecule has 0 saturated heterocycles. The highest BCUT2D eigenvalue weighted by atomic mass is 16.5. The van der Waals surface area contributed by atoms with Crippen molar-refractivity contribution in [1.29, 1.82) is 0 Å². The lowest BCUT2D eigenvalue weighted by Gasteiger charge is -2.30. The van der Waals surface area contributed by atoms with Gasteiger partial charge in [-0.1, -0.05) is 62.7 Å². The van der Waals surface area contributed by atoms with Crippen molar-refractivity contribution in [3.8, 4) is 17.2 Å². The summed E-state index contributed by atoms with van der Waals surface area (Å²) in [4.78, 5) is 0. The van der Waals surface area contributed by atoms with E-state index in [9.17, 15) is 0 Å². The number of hydrogen-bond donors (Lipinski definition) is 0. The van der Waals surface area contributed by atoms with Crippen molar-refractivity contribution >= 4 is 0 Å². The first kappa shape index (κ1) is 20.0. The molecule has 0 bridgehead atoms. The van der Waals surface area contributed by atoms with Crippen molar-refractivity contribution in [3.63, 3.8) is 0 Å². The van der Waals surface area contributed by atoms with Gasteiger partial charge in [0.1, 0.15) is 17.2 Å². The van der Waals surface area contributed by atoms with Gasteiger partial charge in [-0.25, -0.2) is 0 Å². The van der Waals surface area contributed by atoms with Crippen molar-refractivity contribution in [3.05, 3.63) is 90.0 Å². The van der Waals surface area contributed by atoms with Crippen LogP contribution in [0.15, 0.2) is 78.9 Å². The fourth-order valence-corrected chi connectivity index (χ4v) is 3.80. The minimum Gasteiger partial charge on any atom is -0.494 e. The Morgan fingerprint density at radius 1 is 0.750 bits per heavy atom. The molecular weight excluding hydrogens is 344 g/mol. The molecule has 3 aromatic rings. The fourth-order valence-electron chi connectivity index (χ4n) is 3.80. The van der Waals surface area contributed by atoms with Crippen LogP contribution in [0.25, 0.3) is 0 Å². The summed E-state index contributed by atoms with van der Waals surface area (Å²) in [6.07, 6.45) is 3.25. The number of rotatable bonds is 9. The monoisotopic (exact) mass is 374 g/mol. The molecule has 1 unspecified atom stereocenters. The van der Waals surface area contributed by atoms with E-state index in [0.717, 1.165) is 36.5 Å². The minimum atomic E-state index is 0.0743. The predicted molar refractivity (Wildman–Crippen MR) is 117 cm³/mol. The Labute approximate surface area is 169 Å². The summed E-state index contributed by atoms with van der Waals surface area (Å²) in [5.74, 6) is 2.68. The molecule has 2 heteroatoms. The van der Waals surface area contributed by atoms with Gasteiger partial charge in [0.15, 0.2) is 0 Å². The van der Waals surface area contributed by atoms with Gasteiger partial charge in [0.25, 0.3) is 0 Å². The quantitative estimate of drug-likeness (QED) is 0.395. The molecule has 146 valence electrons. The molecule has 0 N–H and O–H groups in total. The van der Waals surface area contributed by atoms with Crippen LogP contribution in [0.1, 0.15) is 44.7 Å². The van der Waals surface area contributed by atoms with Crippen LogP contribution in [-0.2, 0) is 11.8 Å². The Hall–Kier alpha value is -2.74. The molecule has 0 aliphatic heterocycles. The van der Waals surface area contributed by atoms with Gasteiger partial charge in [-0.15, -0.1) is 0 Å². The number of para-hydroxylation sites is 1. The Kier molecular flexibility index (Phi) is 6.76. The zero-order valence-corrected chi connectivity index (χ0v) is 17.2.